The SMILES string of the molecule is Cn1ccc2cc(CCNCC(=O)O)ccc21. The molecule has 2 N–H and O–H groups in total. The van der Waals surface area contributed by atoms with Gasteiger partial charge in [-0.25, -0.2) is 0 Å². The average Bonchev–Trinajstić information content (AvgIpc) is 2.66. The molecule has 2 aromatic rings. The summed E-state index contributed by atoms with van der Waals surface area (Å²) in [7, 11) is 2.02. The Balaban J connectivity index is 1.97. The van der Waals surface area contributed by atoms with Gasteiger partial charge in [0.2, 0.25) is 0 Å². The molecule has 0 spiro atoms. The lowest BCUT2D eigenvalue weighted by Gasteiger charge is -2.03. The molecule has 0 fully saturated rings. The van der Waals surface area contributed by atoms with Crippen molar-refractivity contribution in [2.45, 2.75) is 6.42 Å². The summed E-state index contributed by atoms with van der Waals surface area (Å²) in [6, 6.07) is 8.42. The van der Waals surface area contributed by atoms with Crippen molar-refractivity contribution in [2.24, 2.45) is 7.05 Å². The predicted molar refractivity (Wildman–Crippen MR) is 67.1 cm³/mol. The number of nitrogens with zero attached hydrogens (tertiary/aromatic N) is 1. The van der Waals surface area contributed by atoms with Crippen molar-refractivity contribution in [1.82, 2.24) is 9.88 Å². The van der Waals surface area contributed by atoms with E-state index in [0.717, 1.165) is 6.42 Å². The highest BCUT2D eigenvalue weighted by atomic mass is 16.4. The zero-order chi connectivity index (χ0) is 12.3. The van der Waals surface area contributed by atoms with E-state index in [9.17, 15) is 4.79 Å². The Bertz CT molecular complexity index is 531. The van der Waals surface area contributed by atoms with Gasteiger partial charge in [0, 0.05) is 18.8 Å². The summed E-state index contributed by atoms with van der Waals surface area (Å²) in [4.78, 5) is 10.3. The summed E-state index contributed by atoms with van der Waals surface area (Å²) < 4.78 is 2.09. The van der Waals surface area contributed by atoms with Gasteiger partial charge in [-0.15, -0.1) is 0 Å². The van der Waals surface area contributed by atoms with E-state index in [1.54, 1.807) is 0 Å². The predicted octanol–water partition coefficient (Wildman–Crippen LogP) is 1.40. The Labute approximate surface area is 99.9 Å². The molecule has 0 atom stereocenters. The average molecular weight is 232 g/mol. The van der Waals surface area contributed by atoms with Gasteiger partial charge in [0.05, 0.1) is 6.54 Å². The number of hydrogen-bond donors (Lipinski definition) is 2. The molecule has 0 aliphatic heterocycles. The van der Waals surface area contributed by atoms with Crippen LogP contribution in [0.1, 0.15) is 5.56 Å². The van der Waals surface area contributed by atoms with Crippen LogP contribution in [0.3, 0.4) is 0 Å². The van der Waals surface area contributed by atoms with Gasteiger partial charge in [0.25, 0.3) is 0 Å². The number of hydrogen-bond acceptors (Lipinski definition) is 2. The van der Waals surface area contributed by atoms with Gasteiger partial charge in [0.15, 0.2) is 0 Å². The standard InChI is InChI=1S/C13H16N2O2/c1-15-7-5-11-8-10(2-3-12(11)15)4-6-14-9-13(16)17/h2-3,5,7-8,14H,4,6,9H2,1H3,(H,16,17). The maximum Gasteiger partial charge on any atom is 0.317 e. The summed E-state index contributed by atoms with van der Waals surface area (Å²) in [5, 5.41) is 12.6. The summed E-state index contributed by atoms with van der Waals surface area (Å²) in [6.45, 7) is 0.707. The number of rotatable bonds is 5. The number of aromatic nitrogens is 1. The number of benzene rings is 1. The molecule has 4 heteroatoms. The smallest absolute Gasteiger partial charge is 0.317 e. The minimum absolute atomic E-state index is 0.0214. The molecule has 0 aliphatic carbocycles. The Morgan fingerprint density at radius 1 is 1.41 bits per heavy atom. The summed E-state index contributed by atoms with van der Waals surface area (Å²) in [6.07, 6.45) is 2.88. The van der Waals surface area contributed by atoms with Crippen molar-refractivity contribution >= 4 is 16.9 Å². The van der Waals surface area contributed by atoms with Gasteiger partial charge in [0.1, 0.15) is 0 Å². The van der Waals surface area contributed by atoms with Crippen LogP contribution in [0.2, 0.25) is 0 Å². The number of carboxylic acid groups (broad SMARTS) is 1. The molecular weight excluding hydrogens is 216 g/mol. The highest BCUT2D eigenvalue weighted by Crippen LogP contribution is 2.16. The maximum absolute atomic E-state index is 10.3. The van der Waals surface area contributed by atoms with Gasteiger partial charge >= 0.3 is 5.97 Å². The van der Waals surface area contributed by atoms with E-state index < -0.39 is 5.97 Å². The second-order valence-electron chi connectivity index (χ2n) is 4.14. The molecule has 0 unspecified atom stereocenters. The number of carbonyl (C=O) groups is 1. The van der Waals surface area contributed by atoms with Crippen molar-refractivity contribution < 1.29 is 9.90 Å². The Morgan fingerprint density at radius 3 is 3.00 bits per heavy atom. The van der Waals surface area contributed by atoms with E-state index in [0.29, 0.717) is 6.54 Å². The summed E-state index contributed by atoms with van der Waals surface area (Å²) in [5.41, 5.74) is 2.44. The fourth-order valence-electron chi connectivity index (χ4n) is 1.91. The molecule has 0 saturated carbocycles. The highest BCUT2D eigenvalue weighted by molar-refractivity contribution is 5.80. The molecule has 1 aromatic carbocycles. The molecule has 90 valence electrons. The van der Waals surface area contributed by atoms with Gasteiger partial charge < -0.3 is 15.0 Å². The lowest BCUT2D eigenvalue weighted by Crippen LogP contribution is -2.24. The fourth-order valence-corrected chi connectivity index (χ4v) is 1.91. The number of nitrogens with one attached hydrogen (secondary N) is 1. The molecule has 0 radical (unpaired) electrons. The third-order valence-corrected chi connectivity index (χ3v) is 2.82. The Morgan fingerprint density at radius 2 is 2.24 bits per heavy atom. The van der Waals surface area contributed by atoms with E-state index in [-0.39, 0.29) is 6.54 Å². The normalized spacial score (nSPS) is 10.9. The monoisotopic (exact) mass is 232 g/mol. The fraction of sp³-hybridized carbons (Fsp3) is 0.308. The second-order valence-corrected chi connectivity index (χ2v) is 4.14. The van der Waals surface area contributed by atoms with Crippen LogP contribution >= 0.6 is 0 Å². The van der Waals surface area contributed by atoms with Crippen LogP contribution in [0.4, 0.5) is 0 Å². The maximum atomic E-state index is 10.3. The molecule has 0 saturated heterocycles. The first kappa shape index (κ1) is 11.7. The quantitative estimate of drug-likeness (QED) is 0.766. The van der Waals surface area contributed by atoms with E-state index in [1.165, 1.54) is 16.5 Å². The Kier molecular flexibility index (Phi) is 3.44. The van der Waals surface area contributed by atoms with Gasteiger partial charge in [-0.2, -0.15) is 0 Å². The van der Waals surface area contributed by atoms with Crippen LogP contribution in [-0.4, -0.2) is 28.7 Å². The topological polar surface area (TPSA) is 54.3 Å². The molecule has 17 heavy (non-hydrogen) atoms. The minimum Gasteiger partial charge on any atom is -0.480 e. The van der Waals surface area contributed by atoms with Crippen molar-refractivity contribution in [3.8, 4) is 0 Å². The van der Waals surface area contributed by atoms with Crippen LogP contribution in [0.5, 0.6) is 0 Å². The molecular formula is C13H16N2O2. The number of fused-ring (bicyclic) bond motifs is 1. The molecule has 4 nitrogen and oxygen atoms in total. The number of carboxylic acids is 1. The van der Waals surface area contributed by atoms with Crippen molar-refractivity contribution in [3.05, 3.63) is 36.0 Å². The summed E-state index contributed by atoms with van der Waals surface area (Å²) in [5.74, 6) is -0.816. The molecule has 2 rings (SSSR count). The van der Waals surface area contributed by atoms with Gasteiger partial charge in [-0.05, 0) is 42.1 Å². The van der Waals surface area contributed by atoms with Crippen LogP contribution in [0.15, 0.2) is 30.5 Å². The van der Waals surface area contributed by atoms with Gasteiger partial charge in [-0.3, -0.25) is 4.79 Å². The van der Waals surface area contributed by atoms with Gasteiger partial charge in [-0.1, -0.05) is 6.07 Å². The van der Waals surface area contributed by atoms with Crippen LogP contribution < -0.4 is 5.32 Å². The number of aryl methyl sites for hydroxylation is 1. The zero-order valence-corrected chi connectivity index (χ0v) is 9.81. The van der Waals surface area contributed by atoms with E-state index in [2.05, 4.69) is 34.1 Å². The van der Waals surface area contributed by atoms with E-state index in [1.807, 2.05) is 13.2 Å². The molecule has 0 aliphatic rings. The highest BCUT2D eigenvalue weighted by Gasteiger charge is 2.00. The first-order valence-corrected chi connectivity index (χ1v) is 5.63. The number of aliphatic carboxylic acids is 1. The van der Waals surface area contributed by atoms with Crippen molar-refractivity contribution in [3.63, 3.8) is 0 Å². The summed E-state index contributed by atoms with van der Waals surface area (Å²) >= 11 is 0. The van der Waals surface area contributed by atoms with Crippen LogP contribution in [0.25, 0.3) is 10.9 Å². The minimum atomic E-state index is -0.816. The van der Waals surface area contributed by atoms with E-state index in [4.69, 9.17) is 5.11 Å². The third-order valence-electron chi connectivity index (χ3n) is 2.82. The lowest BCUT2D eigenvalue weighted by molar-refractivity contribution is -0.135. The largest absolute Gasteiger partial charge is 0.480 e. The first-order valence-electron chi connectivity index (χ1n) is 5.63. The molecule has 0 bridgehead atoms. The van der Waals surface area contributed by atoms with Crippen LogP contribution in [-0.2, 0) is 18.3 Å². The van der Waals surface area contributed by atoms with E-state index >= 15 is 0 Å². The van der Waals surface area contributed by atoms with Crippen molar-refractivity contribution in [1.29, 1.82) is 0 Å². The molecule has 1 heterocycles. The third kappa shape index (κ3) is 2.85. The van der Waals surface area contributed by atoms with Crippen LogP contribution in [0, 0.1) is 0 Å². The molecule has 1 aromatic heterocycles. The zero-order valence-electron chi connectivity index (χ0n) is 9.81. The first-order chi connectivity index (χ1) is 8.16. The second kappa shape index (κ2) is 5.01. The van der Waals surface area contributed by atoms with Crippen molar-refractivity contribution in [2.75, 3.05) is 13.1 Å². The Hall–Kier alpha value is -1.81. The lowest BCUT2D eigenvalue weighted by atomic mass is 10.1. The molecule has 0 amide bonds.